The lowest BCUT2D eigenvalue weighted by atomic mass is 10.2. The minimum Gasteiger partial charge on any atom is -0.205 e. The number of aromatic nitrogens is 2. The van der Waals surface area contributed by atoms with Gasteiger partial charge in [0, 0.05) is 57.2 Å². The van der Waals surface area contributed by atoms with Crippen molar-refractivity contribution in [2.24, 2.45) is 0 Å². The van der Waals surface area contributed by atoms with Gasteiger partial charge in [-0.25, -0.2) is 4.39 Å². The Kier molecular flexibility index (Phi) is 29.1. The Morgan fingerprint density at radius 1 is 0.611 bits per heavy atom. The molecule has 0 aliphatic rings. The van der Waals surface area contributed by atoms with Crippen LogP contribution in [0.4, 0.5) is 4.39 Å². The van der Waals surface area contributed by atoms with E-state index < -0.39 is 5.82 Å². The second-order valence-corrected chi connectivity index (χ2v) is 20.0. The molecule has 0 unspecified atom stereocenters. The molecule has 0 bridgehead atoms. The smallest absolute Gasteiger partial charge is 0.142 e. The van der Waals surface area contributed by atoms with E-state index >= 15 is 0 Å². The average molecular weight is 1210 g/mol. The van der Waals surface area contributed by atoms with Crippen molar-refractivity contribution in [1.29, 1.82) is 15.8 Å². The highest BCUT2D eigenvalue weighted by Crippen LogP contribution is 2.30. The Labute approximate surface area is 476 Å². The van der Waals surface area contributed by atoms with Gasteiger partial charge in [-0.3, -0.25) is 0 Å². The molecule has 0 spiro atoms. The minimum absolute atomic E-state index is 0.0180. The number of terminal acetylenes is 1. The molecule has 0 aliphatic carbocycles. The molecule has 9 aromatic rings. The first-order chi connectivity index (χ1) is 34.7. The predicted molar refractivity (Wildman–Crippen MR) is 315 cm³/mol. The van der Waals surface area contributed by atoms with E-state index in [1.807, 2.05) is 84.9 Å². The fourth-order valence-electron chi connectivity index (χ4n) is 5.21. The zero-order valence-electron chi connectivity index (χ0n) is 37.9. The third-order valence-electron chi connectivity index (χ3n) is 8.53. The zero-order chi connectivity index (χ0) is 52.8. The fraction of sp³-hybridized carbons (Fsp3) is 0.0727. The van der Waals surface area contributed by atoms with Crippen LogP contribution in [-0.4, -0.2) is 8.75 Å². The van der Waals surface area contributed by atoms with Crippen molar-refractivity contribution in [2.75, 3.05) is 0 Å². The molecule has 5 nitrogen and oxygen atoms in total. The Morgan fingerprint density at radius 2 is 1.07 bits per heavy atom. The van der Waals surface area contributed by atoms with Crippen LogP contribution in [0.5, 0.6) is 0 Å². The molecule has 0 amide bonds. The number of benzene rings is 7. The van der Waals surface area contributed by atoms with E-state index in [9.17, 15) is 4.39 Å². The molecule has 72 heavy (non-hydrogen) atoms. The van der Waals surface area contributed by atoms with Gasteiger partial charge in [0.25, 0.3) is 0 Å². The van der Waals surface area contributed by atoms with E-state index in [2.05, 4.69) is 104 Å². The molecule has 362 valence electrons. The van der Waals surface area contributed by atoms with Gasteiger partial charge in [0.15, 0.2) is 0 Å². The van der Waals surface area contributed by atoms with E-state index in [-0.39, 0.29) is 5.56 Å². The number of hydrogen-bond donors (Lipinski definition) is 2. The summed E-state index contributed by atoms with van der Waals surface area (Å²) in [6, 6.07) is 51.9. The summed E-state index contributed by atoms with van der Waals surface area (Å²) in [6.45, 7) is 3.46. The molecule has 0 N–H and O–H groups in total. The van der Waals surface area contributed by atoms with Crippen LogP contribution in [-0.2, 0) is 11.5 Å². The van der Waals surface area contributed by atoms with Crippen LogP contribution in [0.1, 0.15) is 47.4 Å². The van der Waals surface area contributed by atoms with E-state index in [0.717, 1.165) is 63.0 Å². The van der Waals surface area contributed by atoms with Crippen molar-refractivity contribution in [3.8, 4) is 42.4 Å². The lowest BCUT2D eigenvalue weighted by molar-refractivity contribution is 0.624. The predicted octanol–water partition coefficient (Wildman–Crippen LogP) is 19.1. The monoisotopic (exact) mass is 1200 g/mol. The maximum atomic E-state index is 12.5. The number of nitrogens with zero attached hydrogens (tertiary/aromatic N) is 5. The van der Waals surface area contributed by atoms with Crippen molar-refractivity contribution in [3.05, 3.63) is 221 Å². The summed E-state index contributed by atoms with van der Waals surface area (Å²) < 4.78 is 24.0. The molecule has 0 saturated heterocycles. The average Bonchev–Trinajstić information content (AvgIpc) is 3.96. The zero-order valence-corrected chi connectivity index (χ0v) is 47.5. The van der Waals surface area contributed by atoms with Gasteiger partial charge in [0.1, 0.15) is 34.3 Å². The highest BCUT2D eigenvalue weighted by molar-refractivity contribution is 9.10. The summed E-state index contributed by atoms with van der Waals surface area (Å²) >= 11 is 44.6. The van der Waals surface area contributed by atoms with Crippen molar-refractivity contribution >= 4 is 154 Å². The van der Waals surface area contributed by atoms with E-state index in [0.29, 0.717) is 31.1 Å². The largest absolute Gasteiger partial charge is 0.205 e. The van der Waals surface area contributed by atoms with Crippen LogP contribution < -0.4 is 0 Å². The summed E-state index contributed by atoms with van der Waals surface area (Å²) in [7, 11) is 0. The summed E-state index contributed by atoms with van der Waals surface area (Å²) in [5, 5.41) is 31.0. The second-order valence-electron chi connectivity index (χ2n) is 13.6. The summed E-state index contributed by atoms with van der Waals surface area (Å²) in [4.78, 5) is 1.55. The van der Waals surface area contributed by atoms with Crippen molar-refractivity contribution < 1.29 is 4.39 Å². The molecule has 0 radical (unpaired) electrons. The number of nitriles is 3. The number of thioether (sulfide) groups is 1. The first-order valence-electron chi connectivity index (χ1n) is 20.5. The first kappa shape index (κ1) is 61.1. The molecule has 0 aliphatic heterocycles. The first-order valence-corrected chi connectivity index (χ1v) is 26.8. The Bertz CT molecular complexity index is 3330. The topological polar surface area (TPSA) is 97.2 Å². The number of fused-ring (bicyclic) bond motifs is 2. The molecule has 0 fully saturated rings. The molecule has 0 atom stereocenters. The summed E-state index contributed by atoms with van der Waals surface area (Å²) in [5.74, 6) is 9.15. The molecular formula is C55H38BrCl5FN5S5. The Balaban J connectivity index is 0.000000229. The van der Waals surface area contributed by atoms with Gasteiger partial charge in [-0.05, 0) is 161 Å². The van der Waals surface area contributed by atoms with Gasteiger partial charge in [-0.1, -0.05) is 125 Å². The molecular weight excluding hydrogens is 1170 g/mol. The maximum absolute atomic E-state index is 12.5. The SMILES string of the molecule is C#CC.CC#Cc1nsc2cc(Cl)ccc12.Clc1ccc2c(Br)nsc2c1.N#Cc1ccc(Cl)cc1F.N#Cc1ccc(Cl)cc1S.N#Cc1ccc(Cl)cc1SCc1ccccc1.SCc1ccccc1. The van der Waals surface area contributed by atoms with Gasteiger partial charge < -0.3 is 0 Å². The van der Waals surface area contributed by atoms with Crippen molar-refractivity contribution in [2.45, 2.75) is 35.1 Å². The van der Waals surface area contributed by atoms with Gasteiger partial charge >= 0.3 is 0 Å². The second kappa shape index (κ2) is 34.3. The molecule has 0 saturated carbocycles. The van der Waals surface area contributed by atoms with Crippen LogP contribution in [0.15, 0.2) is 166 Å². The quantitative estimate of drug-likeness (QED) is 0.104. The van der Waals surface area contributed by atoms with Crippen LogP contribution >= 0.6 is 134 Å². The van der Waals surface area contributed by atoms with E-state index in [1.54, 1.807) is 62.0 Å². The molecule has 17 heteroatoms. The van der Waals surface area contributed by atoms with E-state index in [1.165, 1.54) is 46.3 Å². The number of halogens is 7. The van der Waals surface area contributed by atoms with Crippen LogP contribution in [0.25, 0.3) is 20.2 Å². The van der Waals surface area contributed by atoms with Gasteiger partial charge in [-0.15, -0.1) is 36.7 Å². The third-order valence-corrected chi connectivity index (χ3v) is 14.0. The maximum Gasteiger partial charge on any atom is 0.142 e. The molecule has 2 heterocycles. The van der Waals surface area contributed by atoms with Gasteiger partial charge in [0.05, 0.1) is 26.1 Å². The standard InChI is InChI=1S/C14H10ClNS.C10H6ClNS.C7H3BrClNS.C7H3ClFN.C7H4ClNS.C7H8S.C3H4/c15-13-7-6-12(9-16)14(8-13)17-10-11-4-2-1-3-5-11;1-2-3-9-8-5-4-7(11)6-10(8)13-12-9;8-7-5-2-1-4(9)3-6(5)11-10-7;8-6-2-1-5(4-10)7(9)3-6;8-6-2-1-5(4-9)7(10)3-6;8-6-7-4-2-1-3-5-7;1-3-2/h1-8H,10H2;4-6H,1H3;1-3H;1-3H;1-3,10H;1-5,8H,6H2;1H,2H3. The third kappa shape index (κ3) is 21.9. The lowest BCUT2D eigenvalue weighted by Gasteiger charge is -2.04. The highest BCUT2D eigenvalue weighted by atomic mass is 79.9. The van der Waals surface area contributed by atoms with E-state index in [4.69, 9.17) is 73.8 Å². The molecule has 9 rings (SSSR count). The summed E-state index contributed by atoms with van der Waals surface area (Å²) in [5.41, 5.74) is 4.60. The van der Waals surface area contributed by atoms with Crippen molar-refractivity contribution in [3.63, 3.8) is 0 Å². The number of thiol groups is 2. The highest BCUT2D eigenvalue weighted by Gasteiger charge is 2.06. The lowest BCUT2D eigenvalue weighted by Crippen LogP contribution is -1.83. The normalized spacial score (nSPS) is 9.32. The van der Waals surface area contributed by atoms with Gasteiger partial charge in [0.2, 0.25) is 0 Å². The van der Waals surface area contributed by atoms with Crippen LogP contribution in [0.2, 0.25) is 25.1 Å². The van der Waals surface area contributed by atoms with Gasteiger partial charge in [-0.2, -0.15) is 37.2 Å². The van der Waals surface area contributed by atoms with Crippen LogP contribution in [0, 0.1) is 64.0 Å². The number of rotatable bonds is 4. The Hall–Kier alpha value is -5.18. The summed E-state index contributed by atoms with van der Waals surface area (Å²) in [6.07, 6.45) is 4.60. The number of hydrogen-bond acceptors (Lipinski definition) is 10. The Morgan fingerprint density at radius 3 is 1.58 bits per heavy atom. The van der Waals surface area contributed by atoms with Crippen LogP contribution in [0.3, 0.4) is 0 Å². The minimum atomic E-state index is -0.574. The molecule has 2 aromatic heterocycles. The van der Waals surface area contributed by atoms with Crippen molar-refractivity contribution in [1.82, 2.24) is 8.75 Å². The molecule has 7 aromatic carbocycles. The fourth-order valence-corrected chi connectivity index (χ4v) is 9.98.